The van der Waals surface area contributed by atoms with Crippen molar-refractivity contribution < 1.29 is 13.9 Å². The van der Waals surface area contributed by atoms with Crippen LogP contribution >= 0.6 is 0 Å². The third-order valence-electron chi connectivity index (χ3n) is 3.03. The normalized spacial score (nSPS) is 16.1. The van der Waals surface area contributed by atoms with Crippen LogP contribution in [0.1, 0.15) is 30.1 Å². The number of ether oxygens (including phenoxy) is 1. The van der Waals surface area contributed by atoms with Crippen molar-refractivity contribution >= 4 is 11.7 Å². The van der Waals surface area contributed by atoms with Gasteiger partial charge >= 0.3 is 0 Å². The highest BCUT2D eigenvalue weighted by molar-refractivity contribution is 5.95. The van der Waals surface area contributed by atoms with Gasteiger partial charge in [-0.15, -0.1) is 0 Å². The van der Waals surface area contributed by atoms with Crippen molar-refractivity contribution in [3.05, 3.63) is 23.6 Å². The molecule has 0 aliphatic carbocycles. The molecule has 1 aliphatic rings. The summed E-state index contributed by atoms with van der Waals surface area (Å²) in [6.07, 6.45) is 2.96. The molecule has 6 heteroatoms. The number of halogens is 1. The van der Waals surface area contributed by atoms with E-state index in [-0.39, 0.29) is 17.4 Å². The van der Waals surface area contributed by atoms with Crippen LogP contribution in [0, 0.1) is 5.82 Å². The number of nitrogens with zero attached hydrogens (tertiary/aromatic N) is 1. The van der Waals surface area contributed by atoms with Gasteiger partial charge in [0.15, 0.2) is 11.6 Å². The van der Waals surface area contributed by atoms with Crippen molar-refractivity contribution in [1.29, 1.82) is 0 Å². The standard InChI is InChI=1S/C13H18FN3O2/c1-2-15-12-11(14)10(3-6-16-12)13(18)17-9-4-7-19-8-5-9/h3,6,9H,2,4-5,7-8H2,1H3,(H,15,16)(H,17,18). The molecule has 0 bridgehead atoms. The Morgan fingerprint density at radius 1 is 1.53 bits per heavy atom. The molecule has 2 N–H and O–H groups in total. The summed E-state index contributed by atoms with van der Waals surface area (Å²) >= 11 is 0. The van der Waals surface area contributed by atoms with Gasteiger partial charge in [0.1, 0.15) is 0 Å². The van der Waals surface area contributed by atoms with Crippen molar-refractivity contribution in [2.45, 2.75) is 25.8 Å². The van der Waals surface area contributed by atoms with Crippen LogP contribution < -0.4 is 10.6 Å². The van der Waals surface area contributed by atoms with Gasteiger partial charge < -0.3 is 15.4 Å². The number of amides is 1. The van der Waals surface area contributed by atoms with Gasteiger partial charge in [0.05, 0.1) is 5.56 Å². The van der Waals surface area contributed by atoms with Crippen molar-refractivity contribution in [1.82, 2.24) is 10.3 Å². The van der Waals surface area contributed by atoms with E-state index in [1.807, 2.05) is 6.92 Å². The molecule has 1 fully saturated rings. The van der Waals surface area contributed by atoms with Gasteiger partial charge in [0, 0.05) is 32.0 Å². The molecule has 0 unspecified atom stereocenters. The summed E-state index contributed by atoms with van der Waals surface area (Å²) < 4.78 is 19.3. The zero-order valence-corrected chi connectivity index (χ0v) is 10.9. The van der Waals surface area contributed by atoms with E-state index in [1.165, 1.54) is 12.3 Å². The Morgan fingerprint density at radius 2 is 2.26 bits per heavy atom. The van der Waals surface area contributed by atoms with E-state index in [0.717, 1.165) is 12.8 Å². The van der Waals surface area contributed by atoms with Crippen molar-refractivity contribution in [3.8, 4) is 0 Å². The van der Waals surface area contributed by atoms with Crippen LogP contribution in [0.2, 0.25) is 0 Å². The molecule has 2 rings (SSSR count). The summed E-state index contributed by atoms with van der Waals surface area (Å²) in [6, 6.07) is 1.45. The van der Waals surface area contributed by atoms with Crippen molar-refractivity contribution in [2.75, 3.05) is 25.1 Å². The Kier molecular flexibility index (Phi) is 4.68. The quantitative estimate of drug-likeness (QED) is 0.869. The van der Waals surface area contributed by atoms with Crippen molar-refractivity contribution in [2.24, 2.45) is 0 Å². The molecule has 1 aliphatic heterocycles. The fraction of sp³-hybridized carbons (Fsp3) is 0.538. The lowest BCUT2D eigenvalue weighted by Gasteiger charge is -2.23. The molecule has 2 heterocycles. The van der Waals surface area contributed by atoms with Gasteiger partial charge in [-0.2, -0.15) is 0 Å². The van der Waals surface area contributed by atoms with Gasteiger partial charge in [-0.05, 0) is 25.8 Å². The zero-order valence-electron chi connectivity index (χ0n) is 10.9. The SMILES string of the molecule is CCNc1nccc(C(=O)NC2CCOCC2)c1F. The highest BCUT2D eigenvalue weighted by Crippen LogP contribution is 2.16. The van der Waals surface area contributed by atoms with Crippen LogP contribution in [-0.4, -0.2) is 36.7 Å². The Bertz CT molecular complexity index is 448. The van der Waals surface area contributed by atoms with E-state index in [1.54, 1.807) is 0 Å². The van der Waals surface area contributed by atoms with Gasteiger partial charge in [-0.3, -0.25) is 4.79 Å². The second kappa shape index (κ2) is 6.47. The third-order valence-corrected chi connectivity index (χ3v) is 3.03. The number of carbonyl (C=O) groups excluding carboxylic acids is 1. The summed E-state index contributed by atoms with van der Waals surface area (Å²) in [4.78, 5) is 15.9. The predicted octanol–water partition coefficient (Wildman–Crippen LogP) is 1.56. The molecule has 0 aromatic carbocycles. The maximum absolute atomic E-state index is 14.1. The summed E-state index contributed by atoms with van der Waals surface area (Å²) in [5.41, 5.74) is 0.0254. The summed E-state index contributed by atoms with van der Waals surface area (Å²) in [5.74, 6) is -0.887. The van der Waals surface area contributed by atoms with Crippen LogP contribution in [0.5, 0.6) is 0 Å². The van der Waals surface area contributed by atoms with E-state index in [4.69, 9.17) is 4.74 Å². The first-order valence-corrected chi connectivity index (χ1v) is 6.49. The smallest absolute Gasteiger partial charge is 0.254 e. The number of aromatic nitrogens is 1. The Labute approximate surface area is 111 Å². The molecule has 1 amide bonds. The third kappa shape index (κ3) is 3.41. The molecule has 0 saturated carbocycles. The second-order valence-electron chi connectivity index (χ2n) is 4.41. The topological polar surface area (TPSA) is 63.2 Å². The first-order valence-electron chi connectivity index (χ1n) is 6.49. The molecule has 1 aromatic rings. The molecule has 1 saturated heterocycles. The Hall–Kier alpha value is -1.69. The van der Waals surface area contributed by atoms with E-state index >= 15 is 0 Å². The van der Waals surface area contributed by atoms with Gasteiger partial charge in [-0.25, -0.2) is 9.37 Å². The first-order chi connectivity index (χ1) is 9.22. The molecule has 104 valence electrons. The summed E-state index contributed by atoms with van der Waals surface area (Å²) in [5, 5.41) is 5.62. The lowest BCUT2D eigenvalue weighted by Crippen LogP contribution is -2.39. The Balaban J connectivity index is 2.07. The Morgan fingerprint density at radius 3 is 2.95 bits per heavy atom. The number of rotatable bonds is 4. The number of pyridine rings is 1. The maximum Gasteiger partial charge on any atom is 0.254 e. The highest BCUT2D eigenvalue weighted by Gasteiger charge is 2.20. The molecular formula is C13H18FN3O2. The summed E-state index contributed by atoms with van der Waals surface area (Å²) in [6.45, 7) is 3.66. The fourth-order valence-corrected chi connectivity index (χ4v) is 2.01. The second-order valence-corrected chi connectivity index (χ2v) is 4.41. The molecule has 19 heavy (non-hydrogen) atoms. The van der Waals surface area contributed by atoms with E-state index < -0.39 is 11.7 Å². The van der Waals surface area contributed by atoms with E-state index in [2.05, 4.69) is 15.6 Å². The van der Waals surface area contributed by atoms with Crippen LogP contribution in [0.25, 0.3) is 0 Å². The van der Waals surface area contributed by atoms with Crippen LogP contribution in [-0.2, 0) is 4.74 Å². The number of nitrogens with one attached hydrogen (secondary N) is 2. The highest BCUT2D eigenvalue weighted by atomic mass is 19.1. The molecule has 1 aromatic heterocycles. The van der Waals surface area contributed by atoms with Crippen LogP contribution in [0.3, 0.4) is 0 Å². The van der Waals surface area contributed by atoms with Crippen molar-refractivity contribution in [3.63, 3.8) is 0 Å². The lowest BCUT2D eigenvalue weighted by atomic mass is 10.1. The maximum atomic E-state index is 14.1. The minimum Gasteiger partial charge on any atom is -0.381 e. The zero-order chi connectivity index (χ0) is 13.7. The van der Waals surface area contributed by atoms with Gasteiger partial charge in [0.2, 0.25) is 0 Å². The number of anilines is 1. The van der Waals surface area contributed by atoms with E-state index in [9.17, 15) is 9.18 Å². The summed E-state index contributed by atoms with van der Waals surface area (Å²) in [7, 11) is 0. The minimum atomic E-state index is -0.603. The first kappa shape index (κ1) is 13.7. The lowest BCUT2D eigenvalue weighted by molar-refractivity contribution is 0.0694. The van der Waals surface area contributed by atoms with Gasteiger partial charge in [0.25, 0.3) is 5.91 Å². The molecular weight excluding hydrogens is 249 g/mol. The molecule has 5 nitrogen and oxygen atoms in total. The number of hydrogen-bond acceptors (Lipinski definition) is 4. The van der Waals surface area contributed by atoms with Crippen LogP contribution in [0.15, 0.2) is 12.3 Å². The van der Waals surface area contributed by atoms with Gasteiger partial charge in [-0.1, -0.05) is 0 Å². The number of hydrogen-bond donors (Lipinski definition) is 2. The fourth-order valence-electron chi connectivity index (χ4n) is 2.01. The van der Waals surface area contributed by atoms with Crippen LogP contribution in [0.4, 0.5) is 10.2 Å². The minimum absolute atomic E-state index is 0.0254. The average Bonchev–Trinajstić information content (AvgIpc) is 2.42. The van der Waals surface area contributed by atoms with E-state index in [0.29, 0.717) is 19.8 Å². The monoisotopic (exact) mass is 267 g/mol. The predicted molar refractivity (Wildman–Crippen MR) is 69.7 cm³/mol. The molecule has 0 radical (unpaired) electrons. The number of carbonyl (C=O) groups is 1. The molecule has 0 spiro atoms. The average molecular weight is 267 g/mol. The molecule has 0 atom stereocenters. The largest absolute Gasteiger partial charge is 0.381 e.